The molecule has 1 rings (SSSR count). The molecule has 0 heterocycles. The monoisotopic (exact) mass is 278 g/mol. The molecular formula is C16H26N2O2. The zero-order chi connectivity index (χ0) is 15.1. The van der Waals surface area contributed by atoms with Gasteiger partial charge >= 0.3 is 0 Å². The fraction of sp³-hybridized carbons (Fsp3) is 0.562. The molecule has 0 radical (unpaired) electrons. The van der Waals surface area contributed by atoms with Crippen molar-refractivity contribution in [2.24, 2.45) is 0 Å². The normalized spacial score (nSPS) is 10.7. The van der Waals surface area contributed by atoms with Gasteiger partial charge in [0, 0.05) is 6.54 Å². The first-order valence-corrected chi connectivity index (χ1v) is 6.99. The summed E-state index contributed by atoms with van der Waals surface area (Å²) < 4.78 is 5.28. The van der Waals surface area contributed by atoms with Gasteiger partial charge in [-0.3, -0.25) is 4.79 Å². The second kappa shape index (κ2) is 7.90. The van der Waals surface area contributed by atoms with E-state index < -0.39 is 0 Å². The summed E-state index contributed by atoms with van der Waals surface area (Å²) in [7, 11) is 5.73. The van der Waals surface area contributed by atoms with Crippen molar-refractivity contribution < 1.29 is 9.53 Å². The second-order valence-corrected chi connectivity index (χ2v) is 5.43. The molecule has 112 valence electrons. The number of hydrogen-bond donors (Lipinski definition) is 1. The van der Waals surface area contributed by atoms with Gasteiger partial charge < -0.3 is 15.0 Å². The maximum absolute atomic E-state index is 11.9. The molecule has 0 spiro atoms. The van der Waals surface area contributed by atoms with Gasteiger partial charge in [0.1, 0.15) is 5.75 Å². The van der Waals surface area contributed by atoms with E-state index in [1.807, 2.05) is 40.1 Å². The number of rotatable bonds is 7. The molecule has 1 aromatic carbocycles. The Labute approximate surface area is 122 Å². The highest BCUT2D eigenvalue weighted by Gasteiger charge is 2.09. The fourth-order valence-corrected chi connectivity index (χ4v) is 2.12. The molecule has 0 fully saturated rings. The molecule has 4 heteroatoms. The van der Waals surface area contributed by atoms with Crippen LogP contribution < -0.4 is 10.1 Å². The summed E-state index contributed by atoms with van der Waals surface area (Å²) in [4.78, 5) is 14.0. The third kappa shape index (κ3) is 5.21. The van der Waals surface area contributed by atoms with Crippen LogP contribution in [0.25, 0.3) is 0 Å². The lowest BCUT2D eigenvalue weighted by Crippen LogP contribution is -2.28. The Morgan fingerprint density at radius 3 is 2.55 bits per heavy atom. The summed E-state index contributed by atoms with van der Waals surface area (Å²) in [6.07, 6.45) is 1.40. The number of hydrogen-bond acceptors (Lipinski definition) is 3. The molecule has 0 saturated carbocycles. The lowest BCUT2D eigenvalue weighted by atomic mass is 10.0. The molecule has 1 N–H and O–H groups in total. The van der Waals surface area contributed by atoms with Gasteiger partial charge in [0.15, 0.2) is 0 Å². The van der Waals surface area contributed by atoms with E-state index in [1.165, 1.54) is 0 Å². The van der Waals surface area contributed by atoms with Gasteiger partial charge in [0.25, 0.3) is 0 Å². The molecule has 0 aliphatic heterocycles. The molecule has 0 unspecified atom stereocenters. The van der Waals surface area contributed by atoms with E-state index in [1.54, 1.807) is 7.11 Å². The SMILES string of the molecule is COc1cc(C)c(CC(=O)NCCCN(C)C)cc1C. The summed E-state index contributed by atoms with van der Waals surface area (Å²) in [5.74, 6) is 0.953. The van der Waals surface area contributed by atoms with Crippen LogP contribution in [0, 0.1) is 13.8 Å². The zero-order valence-corrected chi connectivity index (χ0v) is 13.2. The molecule has 0 atom stereocenters. The summed E-state index contributed by atoms with van der Waals surface area (Å²) >= 11 is 0. The number of methoxy groups -OCH3 is 1. The molecular weight excluding hydrogens is 252 g/mol. The van der Waals surface area contributed by atoms with Crippen molar-refractivity contribution >= 4 is 5.91 Å². The van der Waals surface area contributed by atoms with E-state index in [0.717, 1.165) is 42.0 Å². The van der Waals surface area contributed by atoms with Gasteiger partial charge in [0.2, 0.25) is 5.91 Å². The Morgan fingerprint density at radius 2 is 1.95 bits per heavy atom. The third-order valence-electron chi connectivity index (χ3n) is 3.31. The summed E-state index contributed by atoms with van der Waals surface area (Å²) in [6, 6.07) is 4.03. The average molecular weight is 278 g/mol. The quantitative estimate of drug-likeness (QED) is 0.775. The van der Waals surface area contributed by atoms with Crippen molar-refractivity contribution in [2.75, 3.05) is 34.3 Å². The molecule has 1 aromatic rings. The minimum Gasteiger partial charge on any atom is -0.496 e. The average Bonchev–Trinajstić information content (AvgIpc) is 2.38. The second-order valence-electron chi connectivity index (χ2n) is 5.43. The van der Waals surface area contributed by atoms with Crippen LogP contribution >= 0.6 is 0 Å². The largest absolute Gasteiger partial charge is 0.496 e. The predicted octanol–water partition coefficient (Wildman–Crippen LogP) is 1.92. The molecule has 4 nitrogen and oxygen atoms in total. The molecule has 0 aromatic heterocycles. The van der Waals surface area contributed by atoms with E-state index in [0.29, 0.717) is 6.42 Å². The van der Waals surface area contributed by atoms with Crippen LogP contribution in [0.4, 0.5) is 0 Å². The van der Waals surface area contributed by atoms with Gasteiger partial charge in [-0.25, -0.2) is 0 Å². The van der Waals surface area contributed by atoms with E-state index in [4.69, 9.17) is 4.74 Å². The van der Waals surface area contributed by atoms with E-state index >= 15 is 0 Å². The summed E-state index contributed by atoms with van der Waals surface area (Å²) in [5, 5.41) is 2.96. The maximum Gasteiger partial charge on any atom is 0.224 e. The first-order chi connectivity index (χ1) is 9.43. The number of carbonyl (C=O) groups excluding carboxylic acids is 1. The van der Waals surface area contributed by atoms with Crippen LogP contribution in [0.1, 0.15) is 23.1 Å². The Kier molecular flexibility index (Phi) is 6.52. The van der Waals surface area contributed by atoms with Crippen molar-refractivity contribution in [2.45, 2.75) is 26.7 Å². The van der Waals surface area contributed by atoms with Gasteiger partial charge in [-0.15, -0.1) is 0 Å². The first-order valence-electron chi connectivity index (χ1n) is 6.99. The standard InChI is InChI=1S/C16H26N2O2/c1-12-10-15(20-5)13(2)9-14(12)11-16(19)17-7-6-8-18(3)4/h9-10H,6-8,11H2,1-5H3,(H,17,19). The van der Waals surface area contributed by atoms with E-state index in [-0.39, 0.29) is 5.91 Å². The van der Waals surface area contributed by atoms with Gasteiger partial charge in [-0.05, 0) is 63.7 Å². The Morgan fingerprint density at radius 1 is 1.25 bits per heavy atom. The number of nitrogens with zero attached hydrogens (tertiary/aromatic N) is 1. The predicted molar refractivity (Wildman–Crippen MR) is 82.4 cm³/mol. The lowest BCUT2D eigenvalue weighted by molar-refractivity contribution is -0.120. The molecule has 0 saturated heterocycles. The number of aryl methyl sites for hydroxylation is 2. The first kappa shape index (κ1) is 16.5. The van der Waals surface area contributed by atoms with Crippen molar-refractivity contribution in [1.29, 1.82) is 0 Å². The fourth-order valence-electron chi connectivity index (χ4n) is 2.12. The number of amides is 1. The molecule has 0 bridgehead atoms. The van der Waals surface area contributed by atoms with Crippen LogP contribution in [0.2, 0.25) is 0 Å². The van der Waals surface area contributed by atoms with Crippen LogP contribution in [0.15, 0.2) is 12.1 Å². The lowest BCUT2D eigenvalue weighted by Gasteiger charge is -2.12. The van der Waals surface area contributed by atoms with Crippen molar-refractivity contribution in [3.8, 4) is 5.75 Å². The van der Waals surface area contributed by atoms with Crippen molar-refractivity contribution in [1.82, 2.24) is 10.2 Å². The molecule has 0 aliphatic rings. The minimum atomic E-state index is 0.0800. The Bertz CT molecular complexity index is 456. The topological polar surface area (TPSA) is 41.6 Å². The maximum atomic E-state index is 11.9. The number of ether oxygens (including phenoxy) is 1. The van der Waals surface area contributed by atoms with Crippen molar-refractivity contribution in [3.05, 3.63) is 28.8 Å². The number of nitrogens with one attached hydrogen (secondary N) is 1. The molecule has 20 heavy (non-hydrogen) atoms. The van der Waals surface area contributed by atoms with Gasteiger partial charge in [-0.1, -0.05) is 6.07 Å². The highest BCUT2D eigenvalue weighted by Crippen LogP contribution is 2.22. The molecule has 0 aliphatic carbocycles. The Balaban J connectivity index is 2.52. The highest BCUT2D eigenvalue weighted by molar-refractivity contribution is 5.79. The van der Waals surface area contributed by atoms with Crippen LogP contribution in [0.5, 0.6) is 5.75 Å². The number of carbonyl (C=O) groups is 1. The van der Waals surface area contributed by atoms with Crippen LogP contribution in [0.3, 0.4) is 0 Å². The Hall–Kier alpha value is -1.55. The zero-order valence-electron chi connectivity index (χ0n) is 13.2. The highest BCUT2D eigenvalue weighted by atomic mass is 16.5. The minimum absolute atomic E-state index is 0.0800. The smallest absolute Gasteiger partial charge is 0.224 e. The third-order valence-corrected chi connectivity index (χ3v) is 3.31. The van der Waals surface area contributed by atoms with Gasteiger partial charge in [-0.2, -0.15) is 0 Å². The molecule has 1 amide bonds. The van der Waals surface area contributed by atoms with E-state index in [9.17, 15) is 4.79 Å². The van der Waals surface area contributed by atoms with Crippen LogP contribution in [-0.4, -0.2) is 45.1 Å². The van der Waals surface area contributed by atoms with Gasteiger partial charge in [0.05, 0.1) is 13.5 Å². The summed E-state index contributed by atoms with van der Waals surface area (Å²) in [5.41, 5.74) is 3.22. The van der Waals surface area contributed by atoms with Crippen molar-refractivity contribution in [3.63, 3.8) is 0 Å². The number of benzene rings is 1. The summed E-state index contributed by atoms with van der Waals surface area (Å²) in [6.45, 7) is 5.72. The van der Waals surface area contributed by atoms with E-state index in [2.05, 4.69) is 10.2 Å². The van der Waals surface area contributed by atoms with Crippen LogP contribution in [-0.2, 0) is 11.2 Å².